The van der Waals surface area contributed by atoms with Crippen LogP contribution in [0.4, 0.5) is 5.69 Å². The second kappa shape index (κ2) is 6.24. The van der Waals surface area contributed by atoms with Gasteiger partial charge in [0.25, 0.3) is 0 Å². The van der Waals surface area contributed by atoms with Gasteiger partial charge in [-0.05, 0) is 23.6 Å². The van der Waals surface area contributed by atoms with Crippen LogP contribution in [0.2, 0.25) is 5.15 Å². The number of sulfone groups is 1. The fraction of sp³-hybridized carbons (Fsp3) is 0.143. The zero-order valence-electron chi connectivity index (χ0n) is 11.0. The van der Waals surface area contributed by atoms with E-state index in [0.29, 0.717) is 10.8 Å². The minimum Gasteiger partial charge on any atom is -0.326 e. The number of benzene rings is 1. The molecule has 0 bridgehead atoms. The summed E-state index contributed by atoms with van der Waals surface area (Å²) in [6.45, 7) is 3.20. The molecule has 1 heterocycles. The van der Waals surface area contributed by atoms with Crippen LogP contribution < -0.4 is 5.32 Å². The van der Waals surface area contributed by atoms with Crippen molar-refractivity contribution in [3.63, 3.8) is 0 Å². The number of carbonyl (C=O) groups excluding carboxylic acids is 1. The van der Waals surface area contributed by atoms with Gasteiger partial charge in [-0.15, -0.1) is 0 Å². The van der Waals surface area contributed by atoms with Gasteiger partial charge in [-0.1, -0.05) is 24.2 Å². The smallest absolute Gasteiger partial charge is 0.225 e. The van der Waals surface area contributed by atoms with E-state index in [4.69, 9.17) is 11.6 Å². The van der Waals surface area contributed by atoms with Crippen LogP contribution in [0.5, 0.6) is 0 Å². The minimum atomic E-state index is -3.38. The summed E-state index contributed by atoms with van der Waals surface area (Å²) in [6, 6.07) is 7.03. The Morgan fingerprint density at radius 3 is 2.86 bits per heavy atom. The average Bonchev–Trinajstić information content (AvgIpc) is 2.46. The first-order chi connectivity index (χ1) is 9.91. The lowest BCUT2D eigenvalue weighted by Crippen LogP contribution is -2.16. The molecule has 2 aromatic rings. The van der Waals surface area contributed by atoms with Gasteiger partial charge in [0, 0.05) is 29.1 Å². The number of nitrogens with zero attached hydrogens (tertiary/aromatic N) is 1. The Labute approximate surface area is 127 Å². The number of amides is 1. The molecule has 0 atom stereocenters. The van der Waals surface area contributed by atoms with Gasteiger partial charge < -0.3 is 5.32 Å². The van der Waals surface area contributed by atoms with Crippen molar-refractivity contribution in [2.24, 2.45) is 0 Å². The van der Waals surface area contributed by atoms with Crippen molar-refractivity contribution in [3.05, 3.63) is 47.6 Å². The Morgan fingerprint density at radius 2 is 2.14 bits per heavy atom. The molecule has 21 heavy (non-hydrogen) atoms. The van der Waals surface area contributed by atoms with E-state index in [0.717, 1.165) is 16.2 Å². The molecule has 5 nitrogen and oxygen atoms in total. The summed E-state index contributed by atoms with van der Waals surface area (Å²) in [5.41, 5.74) is 0.540. The van der Waals surface area contributed by atoms with Crippen LogP contribution in [0.25, 0.3) is 10.8 Å². The van der Waals surface area contributed by atoms with Crippen molar-refractivity contribution in [1.82, 2.24) is 4.98 Å². The van der Waals surface area contributed by atoms with E-state index in [1.807, 2.05) is 6.07 Å². The van der Waals surface area contributed by atoms with Crippen LogP contribution in [0.15, 0.2) is 42.4 Å². The second-order valence-corrected chi connectivity index (χ2v) is 6.79. The SMILES string of the molecule is C=CS(=O)(=O)CCC(=O)Nc1ccc2ccnc(Cl)c2c1. The third-order valence-electron chi connectivity index (χ3n) is 2.87. The summed E-state index contributed by atoms with van der Waals surface area (Å²) < 4.78 is 22.5. The van der Waals surface area contributed by atoms with Crippen molar-refractivity contribution in [2.75, 3.05) is 11.1 Å². The third-order valence-corrected chi connectivity index (χ3v) is 4.45. The number of fused-ring (bicyclic) bond motifs is 1. The first-order valence-corrected chi connectivity index (χ1v) is 8.20. The number of carbonyl (C=O) groups is 1. The standard InChI is InChI=1S/C14H13ClN2O3S/c1-2-21(19,20)8-6-13(18)17-11-4-3-10-5-7-16-14(15)12(10)9-11/h2-5,7,9H,1,6,8H2,(H,17,18). The Bertz CT molecular complexity index is 803. The van der Waals surface area contributed by atoms with Crippen LogP contribution in [-0.4, -0.2) is 25.1 Å². The van der Waals surface area contributed by atoms with Gasteiger partial charge in [0.1, 0.15) is 5.15 Å². The first-order valence-electron chi connectivity index (χ1n) is 6.10. The van der Waals surface area contributed by atoms with E-state index < -0.39 is 9.84 Å². The summed E-state index contributed by atoms with van der Waals surface area (Å²) >= 11 is 5.99. The molecule has 0 unspecified atom stereocenters. The summed E-state index contributed by atoms with van der Waals surface area (Å²) in [5.74, 6) is -0.655. The first kappa shape index (κ1) is 15.5. The Kier molecular flexibility index (Phi) is 4.59. The molecule has 0 spiro atoms. The predicted octanol–water partition coefficient (Wildman–Crippen LogP) is 2.78. The fourth-order valence-electron chi connectivity index (χ4n) is 1.75. The lowest BCUT2D eigenvalue weighted by atomic mass is 10.1. The maximum absolute atomic E-state index is 11.7. The molecule has 1 N–H and O–H groups in total. The number of nitrogens with one attached hydrogen (secondary N) is 1. The van der Waals surface area contributed by atoms with E-state index in [9.17, 15) is 13.2 Å². The molecule has 2 rings (SSSR count). The number of hydrogen-bond donors (Lipinski definition) is 1. The number of anilines is 1. The van der Waals surface area contributed by atoms with Gasteiger partial charge in [0.15, 0.2) is 9.84 Å². The van der Waals surface area contributed by atoms with Crippen LogP contribution >= 0.6 is 11.6 Å². The molecular formula is C14H13ClN2O3S. The van der Waals surface area contributed by atoms with Crippen molar-refractivity contribution in [3.8, 4) is 0 Å². The molecule has 1 aromatic heterocycles. The summed E-state index contributed by atoms with van der Waals surface area (Å²) in [7, 11) is -3.38. The molecule has 0 saturated heterocycles. The summed E-state index contributed by atoms with van der Waals surface area (Å²) in [5, 5.41) is 5.45. The number of halogens is 1. The normalized spacial score (nSPS) is 11.3. The van der Waals surface area contributed by atoms with Gasteiger partial charge in [-0.3, -0.25) is 4.79 Å². The molecule has 7 heteroatoms. The quantitative estimate of drug-likeness (QED) is 0.858. The van der Waals surface area contributed by atoms with Crippen LogP contribution in [0, 0.1) is 0 Å². The molecule has 0 aliphatic rings. The van der Waals surface area contributed by atoms with E-state index in [1.54, 1.807) is 24.4 Å². The molecule has 0 saturated carbocycles. The lowest BCUT2D eigenvalue weighted by Gasteiger charge is -2.07. The lowest BCUT2D eigenvalue weighted by molar-refractivity contribution is -0.115. The maximum atomic E-state index is 11.7. The average molecular weight is 325 g/mol. The molecular weight excluding hydrogens is 312 g/mol. The molecule has 1 amide bonds. The number of aromatic nitrogens is 1. The zero-order chi connectivity index (χ0) is 15.5. The summed E-state index contributed by atoms with van der Waals surface area (Å²) in [4.78, 5) is 15.7. The fourth-order valence-corrected chi connectivity index (χ4v) is 2.61. The van der Waals surface area contributed by atoms with E-state index in [1.165, 1.54) is 0 Å². The highest BCUT2D eigenvalue weighted by atomic mass is 35.5. The predicted molar refractivity (Wildman–Crippen MR) is 84.0 cm³/mol. The highest BCUT2D eigenvalue weighted by molar-refractivity contribution is 7.94. The Balaban J connectivity index is 2.11. The van der Waals surface area contributed by atoms with Crippen LogP contribution in [0.3, 0.4) is 0 Å². The van der Waals surface area contributed by atoms with Crippen molar-refractivity contribution < 1.29 is 13.2 Å². The number of pyridine rings is 1. The van der Waals surface area contributed by atoms with Crippen LogP contribution in [0.1, 0.15) is 6.42 Å². The van der Waals surface area contributed by atoms with Gasteiger partial charge in [-0.25, -0.2) is 13.4 Å². The highest BCUT2D eigenvalue weighted by Gasteiger charge is 2.10. The topological polar surface area (TPSA) is 76.1 Å². The van der Waals surface area contributed by atoms with Crippen LogP contribution in [-0.2, 0) is 14.6 Å². The Morgan fingerprint density at radius 1 is 1.38 bits per heavy atom. The van der Waals surface area contributed by atoms with Crippen molar-refractivity contribution >= 4 is 43.8 Å². The molecule has 0 fully saturated rings. The van der Waals surface area contributed by atoms with Crippen molar-refractivity contribution in [1.29, 1.82) is 0 Å². The van der Waals surface area contributed by atoms with Crippen molar-refractivity contribution in [2.45, 2.75) is 6.42 Å². The molecule has 0 aliphatic heterocycles. The maximum Gasteiger partial charge on any atom is 0.225 e. The van der Waals surface area contributed by atoms with Gasteiger partial charge >= 0.3 is 0 Å². The summed E-state index contributed by atoms with van der Waals surface area (Å²) in [6.07, 6.45) is 1.47. The molecule has 0 radical (unpaired) electrons. The van der Waals surface area contributed by atoms with E-state index in [-0.39, 0.29) is 18.1 Å². The van der Waals surface area contributed by atoms with Gasteiger partial charge in [0.2, 0.25) is 5.91 Å². The highest BCUT2D eigenvalue weighted by Crippen LogP contribution is 2.24. The molecule has 1 aromatic carbocycles. The zero-order valence-corrected chi connectivity index (χ0v) is 12.6. The molecule has 0 aliphatic carbocycles. The van der Waals surface area contributed by atoms with E-state index >= 15 is 0 Å². The number of hydrogen-bond acceptors (Lipinski definition) is 4. The minimum absolute atomic E-state index is 0.132. The Hall–Kier alpha value is -1.92. The second-order valence-electron chi connectivity index (χ2n) is 4.37. The largest absolute Gasteiger partial charge is 0.326 e. The third kappa shape index (κ3) is 4.03. The molecule has 110 valence electrons. The van der Waals surface area contributed by atoms with Gasteiger partial charge in [-0.2, -0.15) is 0 Å². The monoisotopic (exact) mass is 324 g/mol. The van der Waals surface area contributed by atoms with E-state index in [2.05, 4.69) is 16.9 Å². The number of rotatable bonds is 5. The van der Waals surface area contributed by atoms with Gasteiger partial charge in [0.05, 0.1) is 5.75 Å².